The fourth-order valence-electron chi connectivity index (χ4n) is 9.46. The molecule has 0 amide bonds. The first-order valence-corrected chi connectivity index (χ1v) is 30.4. The highest BCUT2D eigenvalue weighted by Gasteiger charge is 2.19. The van der Waals surface area contributed by atoms with Gasteiger partial charge in [0, 0.05) is 19.3 Å². The van der Waals surface area contributed by atoms with Crippen molar-refractivity contribution in [3.8, 4) is 0 Å². The zero-order valence-electron chi connectivity index (χ0n) is 45.9. The lowest BCUT2D eigenvalue weighted by molar-refractivity contribution is -0.167. The van der Waals surface area contributed by atoms with E-state index >= 15 is 0 Å². The lowest BCUT2D eigenvalue weighted by Crippen LogP contribution is -2.30. The maximum atomic E-state index is 12.9. The molecule has 0 unspecified atom stereocenters. The first-order chi connectivity index (χ1) is 32.9. The van der Waals surface area contributed by atoms with Gasteiger partial charge >= 0.3 is 17.9 Å². The van der Waals surface area contributed by atoms with Crippen LogP contribution in [0.3, 0.4) is 0 Å². The third-order valence-corrected chi connectivity index (χ3v) is 14.0. The van der Waals surface area contributed by atoms with Gasteiger partial charge in [0.15, 0.2) is 6.10 Å². The molecule has 0 aromatic carbocycles. The van der Waals surface area contributed by atoms with Crippen LogP contribution in [0.5, 0.6) is 0 Å². The number of esters is 3. The Morgan fingerprint density at radius 1 is 0.284 bits per heavy atom. The van der Waals surface area contributed by atoms with Crippen LogP contribution in [0, 0.1) is 5.92 Å². The molecular formula is C61H118O6. The largest absolute Gasteiger partial charge is 0.462 e. The zero-order valence-corrected chi connectivity index (χ0v) is 45.9. The summed E-state index contributed by atoms with van der Waals surface area (Å²) in [5.41, 5.74) is 0. The molecule has 0 N–H and O–H groups in total. The highest BCUT2D eigenvalue weighted by molar-refractivity contribution is 5.71. The van der Waals surface area contributed by atoms with Crippen molar-refractivity contribution < 1.29 is 28.6 Å². The van der Waals surface area contributed by atoms with Crippen molar-refractivity contribution in [1.82, 2.24) is 0 Å². The molecule has 0 aromatic heterocycles. The van der Waals surface area contributed by atoms with Gasteiger partial charge in [-0.25, -0.2) is 0 Å². The number of unbranched alkanes of at least 4 members (excludes halogenated alkanes) is 43. The minimum absolute atomic E-state index is 0.0617. The van der Waals surface area contributed by atoms with Crippen LogP contribution >= 0.6 is 0 Å². The van der Waals surface area contributed by atoms with Crippen LogP contribution in [0.25, 0.3) is 0 Å². The Kier molecular flexibility index (Phi) is 54.0. The van der Waals surface area contributed by atoms with Crippen LogP contribution in [0.2, 0.25) is 0 Å². The second kappa shape index (κ2) is 55.3. The Hall–Kier alpha value is -1.59. The van der Waals surface area contributed by atoms with Gasteiger partial charge in [-0.1, -0.05) is 310 Å². The molecule has 0 aliphatic rings. The smallest absolute Gasteiger partial charge is 0.306 e. The van der Waals surface area contributed by atoms with E-state index in [0.717, 1.165) is 63.7 Å². The molecule has 0 saturated heterocycles. The summed E-state index contributed by atoms with van der Waals surface area (Å²) in [6.07, 6.45) is 61.1. The van der Waals surface area contributed by atoms with Crippen LogP contribution < -0.4 is 0 Å². The molecule has 0 saturated carbocycles. The SMILES string of the molecule is CCCCCCCCCCCCCCCCCCCCCC(=O)OC[C@H](COC(=O)CCCCCCCCCCC)OC(=O)CCCCCCCCCCCCCCCCCCCCC(C)C. The molecule has 0 aromatic rings. The average Bonchev–Trinajstić information content (AvgIpc) is 3.31. The van der Waals surface area contributed by atoms with E-state index in [1.165, 1.54) is 244 Å². The molecule has 0 fully saturated rings. The van der Waals surface area contributed by atoms with Crippen LogP contribution in [0.15, 0.2) is 0 Å². The summed E-state index contributed by atoms with van der Waals surface area (Å²) in [5.74, 6) is 0.0225. The first-order valence-electron chi connectivity index (χ1n) is 30.4. The number of rotatable bonds is 56. The first kappa shape index (κ1) is 65.4. The van der Waals surface area contributed by atoms with Crippen molar-refractivity contribution in [1.29, 1.82) is 0 Å². The summed E-state index contributed by atoms with van der Waals surface area (Å²) in [7, 11) is 0. The fraction of sp³-hybridized carbons (Fsp3) is 0.951. The van der Waals surface area contributed by atoms with Crippen molar-refractivity contribution in [2.75, 3.05) is 13.2 Å². The molecule has 0 aliphatic heterocycles. The predicted octanol–water partition coefficient (Wildman–Crippen LogP) is 20.2. The third-order valence-electron chi connectivity index (χ3n) is 14.0. The van der Waals surface area contributed by atoms with Crippen LogP contribution in [0.1, 0.15) is 349 Å². The quantitative estimate of drug-likeness (QED) is 0.0343. The summed E-state index contributed by atoms with van der Waals surface area (Å²) in [5, 5.41) is 0. The lowest BCUT2D eigenvalue weighted by atomic mass is 10.0. The Labute approximate surface area is 418 Å². The number of carbonyl (C=O) groups excluding carboxylic acids is 3. The molecule has 6 nitrogen and oxygen atoms in total. The van der Waals surface area contributed by atoms with Gasteiger partial charge in [-0.3, -0.25) is 14.4 Å². The van der Waals surface area contributed by atoms with E-state index in [2.05, 4.69) is 27.7 Å². The van der Waals surface area contributed by atoms with E-state index in [9.17, 15) is 14.4 Å². The summed E-state index contributed by atoms with van der Waals surface area (Å²) in [4.78, 5) is 38.1. The molecule has 1 atom stereocenters. The van der Waals surface area contributed by atoms with Crippen LogP contribution in [-0.2, 0) is 28.6 Å². The van der Waals surface area contributed by atoms with Crippen molar-refractivity contribution >= 4 is 17.9 Å². The van der Waals surface area contributed by atoms with E-state index < -0.39 is 6.10 Å². The number of hydrogen-bond donors (Lipinski definition) is 0. The summed E-state index contributed by atoms with van der Waals surface area (Å²) < 4.78 is 16.9. The van der Waals surface area contributed by atoms with Crippen molar-refractivity contribution in [2.24, 2.45) is 5.92 Å². The molecule has 0 bridgehead atoms. The van der Waals surface area contributed by atoms with E-state index in [1.807, 2.05) is 0 Å². The van der Waals surface area contributed by atoms with E-state index in [-0.39, 0.29) is 31.1 Å². The van der Waals surface area contributed by atoms with Gasteiger partial charge in [-0.05, 0) is 25.2 Å². The molecule has 0 heterocycles. The van der Waals surface area contributed by atoms with Gasteiger partial charge in [0.25, 0.3) is 0 Å². The van der Waals surface area contributed by atoms with Gasteiger partial charge in [0.1, 0.15) is 13.2 Å². The van der Waals surface area contributed by atoms with Gasteiger partial charge in [-0.2, -0.15) is 0 Å². The molecule has 6 heteroatoms. The maximum Gasteiger partial charge on any atom is 0.306 e. The van der Waals surface area contributed by atoms with Gasteiger partial charge in [0.2, 0.25) is 0 Å². The highest BCUT2D eigenvalue weighted by atomic mass is 16.6. The zero-order chi connectivity index (χ0) is 48.8. The van der Waals surface area contributed by atoms with Crippen LogP contribution in [-0.4, -0.2) is 37.2 Å². The van der Waals surface area contributed by atoms with Crippen molar-refractivity contribution in [3.63, 3.8) is 0 Å². The predicted molar refractivity (Wildman–Crippen MR) is 289 cm³/mol. The minimum Gasteiger partial charge on any atom is -0.462 e. The minimum atomic E-state index is -0.761. The molecule has 67 heavy (non-hydrogen) atoms. The van der Waals surface area contributed by atoms with Gasteiger partial charge < -0.3 is 14.2 Å². The monoisotopic (exact) mass is 947 g/mol. The number of carbonyl (C=O) groups is 3. The molecule has 0 radical (unpaired) electrons. The summed E-state index contributed by atoms with van der Waals surface area (Å²) >= 11 is 0. The standard InChI is InChI=1S/C61H118O6/c1-5-7-9-11-13-15-16-17-18-19-20-24-27-30-33-37-41-45-49-53-60(63)66-56-58(55-65-59(62)52-48-44-40-35-14-12-10-8-6-2)67-61(64)54-50-46-42-38-34-31-28-25-22-21-23-26-29-32-36-39-43-47-51-57(3)4/h57-58H,5-56H2,1-4H3/t58-/m0/s1. The van der Waals surface area contributed by atoms with E-state index in [1.54, 1.807) is 0 Å². The lowest BCUT2D eigenvalue weighted by Gasteiger charge is -2.18. The highest BCUT2D eigenvalue weighted by Crippen LogP contribution is 2.18. The molecule has 0 spiro atoms. The molecular weight excluding hydrogens is 829 g/mol. The van der Waals surface area contributed by atoms with Crippen molar-refractivity contribution in [2.45, 2.75) is 355 Å². The number of hydrogen-bond acceptors (Lipinski definition) is 6. The second-order valence-corrected chi connectivity index (χ2v) is 21.5. The van der Waals surface area contributed by atoms with Gasteiger partial charge in [-0.15, -0.1) is 0 Å². The van der Waals surface area contributed by atoms with E-state index in [4.69, 9.17) is 14.2 Å². The average molecular weight is 948 g/mol. The molecule has 0 aliphatic carbocycles. The fourth-order valence-corrected chi connectivity index (χ4v) is 9.46. The Bertz CT molecular complexity index is 1010. The molecule has 398 valence electrons. The maximum absolute atomic E-state index is 12.9. The third kappa shape index (κ3) is 55.2. The topological polar surface area (TPSA) is 78.9 Å². The van der Waals surface area contributed by atoms with Crippen LogP contribution in [0.4, 0.5) is 0 Å². The summed E-state index contributed by atoms with van der Waals surface area (Å²) in [6, 6.07) is 0. The summed E-state index contributed by atoms with van der Waals surface area (Å²) in [6.45, 7) is 9.07. The van der Waals surface area contributed by atoms with E-state index in [0.29, 0.717) is 19.3 Å². The number of ether oxygens (including phenoxy) is 3. The van der Waals surface area contributed by atoms with Gasteiger partial charge in [0.05, 0.1) is 0 Å². The Morgan fingerprint density at radius 2 is 0.493 bits per heavy atom. The Balaban J connectivity index is 4.17. The molecule has 0 rings (SSSR count). The Morgan fingerprint density at radius 3 is 0.731 bits per heavy atom. The second-order valence-electron chi connectivity index (χ2n) is 21.5. The van der Waals surface area contributed by atoms with Crippen molar-refractivity contribution in [3.05, 3.63) is 0 Å². The normalized spacial score (nSPS) is 12.0.